The third-order valence-electron chi connectivity index (χ3n) is 4.90. The predicted octanol–water partition coefficient (Wildman–Crippen LogP) is 6.27. The largest absolute Gasteiger partial charge is 0.418 e. The van der Waals surface area contributed by atoms with Gasteiger partial charge in [-0.15, -0.1) is 0 Å². The minimum atomic E-state index is -4.80. The lowest BCUT2D eigenvalue weighted by molar-refractivity contribution is -0.137. The number of halogens is 4. The van der Waals surface area contributed by atoms with E-state index in [1.54, 1.807) is 0 Å². The molecule has 0 radical (unpaired) electrons. The van der Waals surface area contributed by atoms with E-state index in [0.29, 0.717) is 21.5 Å². The molecule has 0 fully saturated rings. The molecule has 0 aliphatic heterocycles. The maximum Gasteiger partial charge on any atom is 0.418 e. The molecule has 0 bridgehead atoms. The first-order chi connectivity index (χ1) is 15.3. The van der Waals surface area contributed by atoms with E-state index in [0.717, 1.165) is 18.7 Å². The van der Waals surface area contributed by atoms with E-state index in [-0.39, 0.29) is 22.9 Å². The first-order valence-corrected chi connectivity index (χ1v) is 12.8. The third-order valence-corrected chi connectivity index (χ3v) is 6.26. The van der Waals surface area contributed by atoms with Gasteiger partial charge in [-0.3, -0.25) is 9.10 Å². The second kappa shape index (κ2) is 9.77. The highest BCUT2D eigenvalue weighted by Gasteiger charge is 2.37. The molecule has 34 heavy (non-hydrogen) atoms. The van der Waals surface area contributed by atoms with Crippen molar-refractivity contribution in [3.8, 4) is 0 Å². The van der Waals surface area contributed by atoms with E-state index in [1.807, 2.05) is 13.8 Å². The van der Waals surface area contributed by atoms with Crippen molar-refractivity contribution >= 4 is 33.2 Å². The number of hydrogen-bond donors (Lipinski definition) is 1. The Morgan fingerprint density at radius 1 is 1.00 bits per heavy atom. The molecular formula is C24H30ClF3N2O3S. The van der Waals surface area contributed by atoms with Gasteiger partial charge in [0.2, 0.25) is 10.0 Å². The molecule has 0 heterocycles. The number of carbonyl (C=O) groups is 1. The molecule has 5 nitrogen and oxygen atoms in total. The van der Waals surface area contributed by atoms with E-state index < -0.39 is 33.0 Å². The molecule has 2 aromatic rings. The standard InChI is InChI=1S/C24H30ClF3N2O3S/c1-22(2,3)15-23(4,5)29-21(31)17-9-7-16(8-10-17)14-30(34(6,32)33)20-12-11-18(25)13-19(20)24(26,27)28/h7-13H,14-15H2,1-6H3,(H,29,31). The van der Waals surface area contributed by atoms with Crippen molar-refractivity contribution in [1.29, 1.82) is 0 Å². The minimum absolute atomic E-state index is 0.00662. The molecule has 2 rings (SSSR count). The number of sulfonamides is 1. The molecule has 0 aliphatic rings. The normalized spacial score (nSPS) is 13.0. The van der Waals surface area contributed by atoms with Gasteiger partial charge >= 0.3 is 6.18 Å². The van der Waals surface area contributed by atoms with Crippen LogP contribution in [0.25, 0.3) is 0 Å². The first kappa shape index (κ1) is 28.0. The molecule has 10 heteroatoms. The van der Waals surface area contributed by atoms with Gasteiger partial charge in [0.15, 0.2) is 0 Å². The summed E-state index contributed by atoms with van der Waals surface area (Å²) < 4.78 is 66.2. The number of carbonyl (C=O) groups excluding carboxylic acids is 1. The Morgan fingerprint density at radius 2 is 1.56 bits per heavy atom. The summed E-state index contributed by atoms with van der Waals surface area (Å²) >= 11 is 5.72. The molecule has 0 spiro atoms. The van der Waals surface area contributed by atoms with E-state index >= 15 is 0 Å². The van der Waals surface area contributed by atoms with Gasteiger partial charge in [0.25, 0.3) is 5.91 Å². The van der Waals surface area contributed by atoms with Gasteiger partial charge in [0.1, 0.15) is 0 Å². The average molecular weight is 519 g/mol. The average Bonchev–Trinajstić information content (AvgIpc) is 2.63. The molecule has 1 amide bonds. The fourth-order valence-corrected chi connectivity index (χ4v) is 5.08. The lowest BCUT2D eigenvalue weighted by Gasteiger charge is -2.33. The van der Waals surface area contributed by atoms with Crippen LogP contribution < -0.4 is 9.62 Å². The predicted molar refractivity (Wildman–Crippen MR) is 130 cm³/mol. The summed E-state index contributed by atoms with van der Waals surface area (Å²) in [4.78, 5) is 12.7. The van der Waals surface area contributed by atoms with E-state index in [9.17, 15) is 26.4 Å². The second-order valence-corrected chi connectivity index (χ2v) is 12.5. The maximum absolute atomic E-state index is 13.6. The number of nitrogens with one attached hydrogen (secondary N) is 1. The summed E-state index contributed by atoms with van der Waals surface area (Å²) in [5.41, 5.74) is -1.35. The number of hydrogen-bond acceptors (Lipinski definition) is 3. The summed E-state index contributed by atoms with van der Waals surface area (Å²) in [6, 6.07) is 9.01. The van der Waals surface area contributed by atoms with Crippen LogP contribution in [0.5, 0.6) is 0 Å². The highest BCUT2D eigenvalue weighted by atomic mass is 35.5. The fraction of sp³-hybridized carbons (Fsp3) is 0.458. The minimum Gasteiger partial charge on any atom is -0.347 e. The van der Waals surface area contributed by atoms with Crippen molar-refractivity contribution in [2.75, 3.05) is 10.6 Å². The van der Waals surface area contributed by atoms with Crippen LogP contribution in [0.3, 0.4) is 0 Å². The van der Waals surface area contributed by atoms with Crippen LogP contribution >= 0.6 is 11.6 Å². The summed E-state index contributed by atoms with van der Waals surface area (Å²) in [5, 5.41) is 2.83. The van der Waals surface area contributed by atoms with Crippen molar-refractivity contribution in [3.05, 3.63) is 64.2 Å². The van der Waals surface area contributed by atoms with E-state index in [1.165, 1.54) is 30.3 Å². The van der Waals surface area contributed by atoms with Gasteiger partial charge in [0.05, 0.1) is 24.1 Å². The molecule has 0 atom stereocenters. The molecule has 0 aromatic heterocycles. The monoisotopic (exact) mass is 518 g/mol. The first-order valence-electron chi connectivity index (χ1n) is 10.5. The van der Waals surface area contributed by atoms with Crippen LogP contribution in [-0.4, -0.2) is 26.1 Å². The van der Waals surface area contributed by atoms with Crippen LogP contribution in [0, 0.1) is 5.41 Å². The highest BCUT2D eigenvalue weighted by Crippen LogP contribution is 2.39. The Morgan fingerprint density at radius 3 is 2.03 bits per heavy atom. The quantitative estimate of drug-likeness (QED) is 0.470. The lowest BCUT2D eigenvalue weighted by atomic mass is 9.81. The zero-order valence-corrected chi connectivity index (χ0v) is 21.6. The number of amides is 1. The smallest absolute Gasteiger partial charge is 0.347 e. The van der Waals surface area contributed by atoms with Crippen LogP contribution in [0.4, 0.5) is 18.9 Å². The van der Waals surface area contributed by atoms with Gasteiger partial charge in [-0.1, -0.05) is 44.5 Å². The number of alkyl halides is 3. The Labute approximate surface area is 204 Å². The van der Waals surface area contributed by atoms with Crippen LogP contribution in [0.2, 0.25) is 5.02 Å². The molecule has 0 aliphatic carbocycles. The lowest BCUT2D eigenvalue weighted by Crippen LogP contribution is -2.45. The molecule has 0 unspecified atom stereocenters. The fourth-order valence-electron chi connectivity index (χ4n) is 4.01. The number of anilines is 1. The highest BCUT2D eigenvalue weighted by molar-refractivity contribution is 7.92. The van der Waals surface area contributed by atoms with Gasteiger partial charge in [-0.05, 0) is 61.6 Å². The Bertz CT molecular complexity index is 1140. The number of rotatable bonds is 7. The van der Waals surface area contributed by atoms with Crippen molar-refractivity contribution in [3.63, 3.8) is 0 Å². The van der Waals surface area contributed by atoms with Crippen LogP contribution in [-0.2, 0) is 22.7 Å². The second-order valence-electron chi connectivity index (χ2n) is 10.2. The molecule has 0 saturated heterocycles. The Kier molecular flexibility index (Phi) is 8.04. The summed E-state index contributed by atoms with van der Waals surface area (Å²) in [5.74, 6) is -0.294. The number of benzene rings is 2. The zero-order chi connectivity index (χ0) is 26.1. The van der Waals surface area contributed by atoms with E-state index in [4.69, 9.17) is 11.6 Å². The Balaban J connectivity index is 2.31. The molecule has 188 valence electrons. The summed E-state index contributed by atoms with van der Waals surface area (Å²) in [7, 11) is -4.07. The molecule has 0 saturated carbocycles. The van der Waals surface area contributed by atoms with Crippen molar-refractivity contribution in [1.82, 2.24) is 5.32 Å². The van der Waals surface area contributed by atoms with Crippen molar-refractivity contribution in [2.24, 2.45) is 5.41 Å². The van der Waals surface area contributed by atoms with Gasteiger partial charge in [-0.2, -0.15) is 13.2 Å². The van der Waals surface area contributed by atoms with Crippen LogP contribution in [0.15, 0.2) is 42.5 Å². The molecule has 1 N–H and O–H groups in total. The molecule has 2 aromatic carbocycles. The topological polar surface area (TPSA) is 66.5 Å². The summed E-state index contributed by atoms with van der Waals surface area (Å²) in [6.45, 7) is 9.75. The van der Waals surface area contributed by atoms with E-state index in [2.05, 4.69) is 26.1 Å². The molecular weight excluding hydrogens is 489 g/mol. The third kappa shape index (κ3) is 7.91. The van der Waals surface area contributed by atoms with Gasteiger partial charge in [0, 0.05) is 16.1 Å². The van der Waals surface area contributed by atoms with Crippen molar-refractivity contribution in [2.45, 2.75) is 59.3 Å². The maximum atomic E-state index is 13.6. The van der Waals surface area contributed by atoms with Crippen molar-refractivity contribution < 1.29 is 26.4 Å². The summed E-state index contributed by atoms with van der Waals surface area (Å²) in [6.07, 6.45) is -3.22. The SMILES string of the molecule is CC(C)(C)CC(C)(C)NC(=O)c1ccc(CN(c2ccc(Cl)cc2C(F)(F)F)S(C)(=O)=O)cc1. The zero-order valence-electron chi connectivity index (χ0n) is 20.0. The van der Waals surface area contributed by atoms with Gasteiger partial charge < -0.3 is 5.32 Å². The Hall–Kier alpha value is -2.26. The number of nitrogens with zero attached hydrogens (tertiary/aromatic N) is 1. The van der Waals surface area contributed by atoms with Crippen LogP contribution in [0.1, 0.15) is 62.5 Å². The van der Waals surface area contributed by atoms with Gasteiger partial charge in [-0.25, -0.2) is 8.42 Å².